The maximum absolute atomic E-state index is 13.2. The van der Waals surface area contributed by atoms with Crippen molar-refractivity contribution in [3.8, 4) is 5.75 Å². The summed E-state index contributed by atoms with van der Waals surface area (Å²) in [6, 6.07) is 20.9. The third kappa shape index (κ3) is 3.59. The van der Waals surface area contributed by atoms with Gasteiger partial charge in [-0.05, 0) is 32.0 Å². The molecule has 0 aliphatic carbocycles. The number of ether oxygens (including phenoxy) is 1. The number of benzene rings is 3. The largest absolute Gasteiger partial charge is 0.507 e. The Morgan fingerprint density at radius 2 is 1.45 bits per heavy atom. The van der Waals surface area contributed by atoms with Crippen molar-refractivity contribution in [3.63, 3.8) is 0 Å². The van der Waals surface area contributed by atoms with E-state index in [4.69, 9.17) is 4.74 Å². The third-order valence-electron chi connectivity index (χ3n) is 5.52. The van der Waals surface area contributed by atoms with Crippen molar-refractivity contribution < 1.29 is 19.4 Å². The molecule has 0 radical (unpaired) electrons. The quantitative estimate of drug-likeness (QED) is 0.374. The third-order valence-corrected chi connectivity index (χ3v) is 5.52. The van der Waals surface area contributed by atoms with Gasteiger partial charge in [0.1, 0.15) is 11.5 Å². The van der Waals surface area contributed by atoms with Crippen LogP contribution in [0.1, 0.15) is 28.3 Å². The number of aliphatic hydroxyl groups is 1. The van der Waals surface area contributed by atoms with Crippen molar-refractivity contribution in [1.29, 1.82) is 0 Å². The van der Waals surface area contributed by atoms with Crippen LogP contribution in [0.3, 0.4) is 0 Å². The van der Waals surface area contributed by atoms with E-state index in [0.29, 0.717) is 22.6 Å². The lowest BCUT2D eigenvalue weighted by atomic mass is 9.94. The molecule has 1 fully saturated rings. The van der Waals surface area contributed by atoms with Crippen molar-refractivity contribution in [2.75, 3.05) is 12.0 Å². The van der Waals surface area contributed by atoms with Gasteiger partial charge in [0.2, 0.25) is 0 Å². The molecule has 1 amide bonds. The molecule has 1 unspecified atom stereocenters. The normalized spacial score (nSPS) is 17.8. The predicted molar refractivity (Wildman–Crippen MR) is 120 cm³/mol. The molecule has 0 saturated carbocycles. The summed E-state index contributed by atoms with van der Waals surface area (Å²) in [6.45, 7) is 3.89. The fourth-order valence-electron chi connectivity index (χ4n) is 3.86. The van der Waals surface area contributed by atoms with Gasteiger partial charge >= 0.3 is 0 Å². The molecule has 0 bridgehead atoms. The van der Waals surface area contributed by atoms with E-state index in [0.717, 1.165) is 11.1 Å². The molecule has 1 N–H and O–H groups in total. The Morgan fingerprint density at radius 3 is 2.06 bits per heavy atom. The summed E-state index contributed by atoms with van der Waals surface area (Å²) in [4.78, 5) is 27.8. The lowest BCUT2D eigenvalue weighted by Gasteiger charge is -2.26. The second-order valence-corrected chi connectivity index (χ2v) is 7.61. The summed E-state index contributed by atoms with van der Waals surface area (Å²) in [5.74, 6) is -1.09. The summed E-state index contributed by atoms with van der Waals surface area (Å²) >= 11 is 0. The number of nitrogens with zero attached hydrogens (tertiary/aromatic N) is 1. The Hall–Kier alpha value is -3.86. The van der Waals surface area contributed by atoms with Crippen molar-refractivity contribution in [1.82, 2.24) is 0 Å². The number of carbonyl (C=O) groups is 2. The molecule has 1 saturated heterocycles. The van der Waals surface area contributed by atoms with Crippen molar-refractivity contribution in [2.45, 2.75) is 19.9 Å². The smallest absolute Gasteiger partial charge is 0.300 e. The minimum Gasteiger partial charge on any atom is -0.507 e. The van der Waals surface area contributed by atoms with Crippen molar-refractivity contribution in [3.05, 3.63) is 101 Å². The first-order valence-corrected chi connectivity index (χ1v) is 10.00. The monoisotopic (exact) mass is 413 g/mol. The standard InChI is InChI=1S/C26H23NO4/c1-16-8-12-18(13-9-16)24(28)22-23(20-6-4-5-7-21(20)31-3)27(26(30)25(22)29)19-14-10-17(2)11-15-19/h4-15,23,28H,1-3H3/b24-22-. The van der Waals surface area contributed by atoms with Gasteiger partial charge in [-0.2, -0.15) is 0 Å². The zero-order chi connectivity index (χ0) is 22.1. The van der Waals surface area contributed by atoms with E-state index < -0.39 is 17.7 Å². The molecular formula is C26H23NO4. The van der Waals surface area contributed by atoms with Crippen LogP contribution in [0.25, 0.3) is 5.76 Å². The van der Waals surface area contributed by atoms with E-state index in [2.05, 4.69) is 0 Å². The summed E-state index contributed by atoms with van der Waals surface area (Å²) < 4.78 is 5.53. The number of ketones is 1. The maximum Gasteiger partial charge on any atom is 0.300 e. The molecule has 0 aromatic heterocycles. The molecule has 1 atom stereocenters. The number of methoxy groups -OCH3 is 1. The van der Waals surface area contributed by atoms with Gasteiger partial charge in [-0.25, -0.2) is 0 Å². The van der Waals surface area contributed by atoms with E-state index in [1.807, 2.05) is 50.2 Å². The topological polar surface area (TPSA) is 66.8 Å². The Labute approximate surface area is 181 Å². The fourth-order valence-corrected chi connectivity index (χ4v) is 3.86. The molecule has 1 aliphatic rings. The van der Waals surface area contributed by atoms with Crippen LogP contribution in [0.15, 0.2) is 78.4 Å². The molecule has 3 aromatic rings. The highest BCUT2D eigenvalue weighted by Gasteiger charge is 2.47. The average molecular weight is 413 g/mol. The molecule has 4 rings (SSSR count). The molecule has 5 nitrogen and oxygen atoms in total. The molecular weight excluding hydrogens is 390 g/mol. The van der Waals surface area contributed by atoms with Crippen LogP contribution in [-0.4, -0.2) is 23.9 Å². The van der Waals surface area contributed by atoms with Crippen LogP contribution in [0.2, 0.25) is 0 Å². The number of carbonyl (C=O) groups excluding carboxylic acids is 2. The minimum atomic E-state index is -0.819. The Balaban J connectivity index is 1.97. The van der Waals surface area contributed by atoms with Crippen molar-refractivity contribution >= 4 is 23.1 Å². The summed E-state index contributed by atoms with van der Waals surface area (Å²) in [6.07, 6.45) is 0. The molecule has 3 aromatic carbocycles. The van der Waals surface area contributed by atoms with Gasteiger partial charge in [-0.15, -0.1) is 0 Å². The van der Waals surface area contributed by atoms with Crippen LogP contribution >= 0.6 is 0 Å². The van der Waals surface area contributed by atoms with Gasteiger partial charge in [0.15, 0.2) is 0 Å². The second kappa shape index (κ2) is 8.11. The number of para-hydroxylation sites is 1. The highest BCUT2D eigenvalue weighted by Crippen LogP contribution is 2.44. The molecule has 1 aliphatic heterocycles. The molecule has 0 spiro atoms. The van der Waals surface area contributed by atoms with Crippen LogP contribution in [0, 0.1) is 13.8 Å². The number of aliphatic hydroxyl groups excluding tert-OH is 1. The molecule has 156 valence electrons. The van der Waals surface area contributed by atoms with Crippen LogP contribution in [0.5, 0.6) is 5.75 Å². The van der Waals surface area contributed by atoms with Crippen LogP contribution in [-0.2, 0) is 9.59 Å². The number of rotatable bonds is 4. The van der Waals surface area contributed by atoms with Gasteiger partial charge in [0.25, 0.3) is 11.7 Å². The average Bonchev–Trinajstić information content (AvgIpc) is 3.05. The highest BCUT2D eigenvalue weighted by molar-refractivity contribution is 6.51. The van der Waals surface area contributed by atoms with E-state index >= 15 is 0 Å². The number of Topliss-reactive ketones (excluding diaryl/α,β-unsaturated/α-hetero) is 1. The Bertz CT molecular complexity index is 1180. The first-order valence-electron chi connectivity index (χ1n) is 10.00. The van der Waals surface area contributed by atoms with Gasteiger partial charge in [-0.3, -0.25) is 14.5 Å². The Kier molecular flexibility index (Phi) is 5.34. The van der Waals surface area contributed by atoms with E-state index in [1.54, 1.807) is 36.4 Å². The zero-order valence-corrected chi connectivity index (χ0v) is 17.6. The summed E-state index contributed by atoms with van der Waals surface area (Å²) in [5.41, 5.74) is 3.78. The fraction of sp³-hybridized carbons (Fsp3) is 0.154. The van der Waals surface area contributed by atoms with E-state index in [1.165, 1.54) is 12.0 Å². The Morgan fingerprint density at radius 1 is 0.871 bits per heavy atom. The number of aryl methyl sites for hydroxylation is 2. The second-order valence-electron chi connectivity index (χ2n) is 7.61. The molecule has 1 heterocycles. The molecule has 31 heavy (non-hydrogen) atoms. The van der Waals surface area contributed by atoms with Crippen LogP contribution in [0.4, 0.5) is 5.69 Å². The first kappa shape index (κ1) is 20.4. The van der Waals surface area contributed by atoms with Gasteiger partial charge in [0, 0.05) is 16.8 Å². The predicted octanol–water partition coefficient (Wildman–Crippen LogP) is 4.94. The summed E-state index contributed by atoms with van der Waals surface area (Å²) in [5, 5.41) is 11.1. The first-order chi connectivity index (χ1) is 14.9. The zero-order valence-electron chi connectivity index (χ0n) is 17.6. The number of anilines is 1. The highest BCUT2D eigenvalue weighted by atomic mass is 16.5. The van der Waals surface area contributed by atoms with Gasteiger partial charge in [0.05, 0.1) is 18.7 Å². The minimum absolute atomic E-state index is 0.0407. The lowest BCUT2D eigenvalue weighted by Crippen LogP contribution is -2.29. The maximum atomic E-state index is 13.2. The number of amides is 1. The van der Waals surface area contributed by atoms with Crippen molar-refractivity contribution in [2.24, 2.45) is 0 Å². The lowest BCUT2D eigenvalue weighted by molar-refractivity contribution is -0.132. The summed E-state index contributed by atoms with van der Waals surface area (Å²) in [7, 11) is 1.54. The van der Waals surface area contributed by atoms with Gasteiger partial charge in [-0.1, -0.05) is 65.7 Å². The van der Waals surface area contributed by atoms with Crippen LogP contribution < -0.4 is 9.64 Å². The SMILES string of the molecule is COc1ccccc1C1/C(=C(/O)c2ccc(C)cc2)C(=O)C(=O)N1c1ccc(C)cc1. The number of hydrogen-bond acceptors (Lipinski definition) is 4. The van der Waals surface area contributed by atoms with E-state index in [-0.39, 0.29) is 11.3 Å². The van der Waals surface area contributed by atoms with E-state index in [9.17, 15) is 14.7 Å². The van der Waals surface area contributed by atoms with Gasteiger partial charge < -0.3 is 9.84 Å². The molecule has 5 heteroatoms. The number of hydrogen-bond donors (Lipinski definition) is 1.